The summed E-state index contributed by atoms with van der Waals surface area (Å²) in [5, 5.41) is 3.10. The molecule has 0 unspecified atom stereocenters. The summed E-state index contributed by atoms with van der Waals surface area (Å²) >= 11 is 0. The molecule has 1 amide bonds. The highest BCUT2D eigenvalue weighted by Gasteiger charge is 2.25. The van der Waals surface area contributed by atoms with Crippen LogP contribution in [0.4, 0.5) is 20.6 Å². The van der Waals surface area contributed by atoms with Gasteiger partial charge in [-0.3, -0.25) is 0 Å². The number of rotatable bonds is 5. The topological polar surface area (TPSA) is 128 Å². The Bertz CT molecular complexity index is 1240. The third-order valence-corrected chi connectivity index (χ3v) is 4.75. The van der Waals surface area contributed by atoms with Gasteiger partial charge in [0.15, 0.2) is 17.2 Å². The lowest BCUT2D eigenvalue weighted by atomic mass is 10.2. The van der Waals surface area contributed by atoms with Crippen LogP contribution < -0.4 is 15.8 Å². The van der Waals surface area contributed by atoms with Crippen molar-refractivity contribution in [1.82, 2.24) is 9.38 Å². The summed E-state index contributed by atoms with van der Waals surface area (Å²) in [6, 6.07) is 6.06. The standard InChI is InChI=1S/C18H16FN5O4S/c19-14-5-11(10-1-2-10)8-24-9-13(22-17(14)24)7-21-12-3-4-16(15(20)6-12)28-18(25)23-29(26)27/h3-6,8-10,21H,1-2,7,20H2. The van der Waals surface area contributed by atoms with E-state index < -0.39 is 16.6 Å². The number of nitrogen functional groups attached to an aromatic ring is 1. The van der Waals surface area contributed by atoms with Crippen LogP contribution in [0.1, 0.15) is 30.0 Å². The van der Waals surface area contributed by atoms with Crippen LogP contribution in [0, 0.1) is 5.82 Å². The molecule has 0 atom stereocenters. The Kier molecular flexibility index (Phi) is 4.89. The van der Waals surface area contributed by atoms with E-state index in [2.05, 4.69) is 14.7 Å². The van der Waals surface area contributed by atoms with E-state index in [0.29, 0.717) is 23.8 Å². The number of nitrogens with one attached hydrogen (secondary N) is 1. The maximum atomic E-state index is 14.3. The molecule has 0 bridgehead atoms. The largest absolute Gasteiger partial charge is 0.454 e. The van der Waals surface area contributed by atoms with Crippen LogP contribution in [-0.2, 0) is 17.0 Å². The second-order valence-corrected chi connectivity index (χ2v) is 7.26. The number of anilines is 2. The molecule has 1 aliphatic carbocycles. The summed E-state index contributed by atoms with van der Waals surface area (Å²) in [6.07, 6.45) is 4.56. The molecule has 11 heteroatoms. The number of aromatic nitrogens is 2. The average molecular weight is 417 g/mol. The van der Waals surface area contributed by atoms with E-state index in [4.69, 9.17) is 10.5 Å². The summed E-state index contributed by atoms with van der Waals surface area (Å²) in [7, 11) is -2.90. The average Bonchev–Trinajstić information content (AvgIpc) is 3.41. The maximum absolute atomic E-state index is 14.3. The minimum atomic E-state index is -2.90. The highest BCUT2D eigenvalue weighted by atomic mass is 32.2. The van der Waals surface area contributed by atoms with E-state index in [1.165, 1.54) is 12.1 Å². The third kappa shape index (κ3) is 4.35. The number of hydrogen-bond acceptors (Lipinski definition) is 7. The van der Waals surface area contributed by atoms with Crippen LogP contribution >= 0.6 is 0 Å². The molecular formula is C18H16FN5O4S. The lowest BCUT2D eigenvalue weighted by Crippen LogP contribution is -2.05. The normalized spacial score (nSPS) is 13.3. The van der Waals surface area contributed by atoms with Gasteiger partial charge in [-0.15, -0.1) is 0 Å². The van der Waals surface area contributed by atoms with Gasteiger partial charge in [-0.1, -0.05) is 4.36 Å². The van der Waals surface area contributed by atoms with Gasteiger partial charge in [0, 0.05) is 18.1 Å². The molecule has 1 aliphatic rings. The van der Waals surface area contributed by atoms with Crippen LogP contribution in [-0.4, -0.2) is 23.9 Å². The molecule has 0 spiro atoms. The van der Waals surface area contributed by atoms with E-state index in [0.717, 1.165) is 18.4 Å². The molecule has 9 nitrogen and oxygen atoms in total. The van der Waals surface area contributed by atoms with Crippen molar-refractivity contribution in [3.05, 3.63) is 53.7 Å². The molecule has 2 heterocycles. The van der Waals surface area contributed by atoms with Crippen molar-refractivity contribution < 1.29 is 22.3 Å². The van der Waals surface area contributed by atoms with E-state index >= 15 is 0 Å². The summed E-state index contributed by atoms with van der Waals surface area (Å²) in [4.78, 5) is 15.6. The number of benzene rings is 1. The fraction of sp³-hybridized carbons (Fsp3) is 0.222. The molecule has 4 rings (SSSR count). The lowest BCUT2D eigenvalue weighted by Gasteiger charge is -2.08. The van der Waals surface area contributed by atoms with Crippen LogP contribution in [0.3, 0.4) is 0 Å². The van der Waals surface area contributed by atoms with Gasteiger partial charge in [-0.2, -0.15) is 8.42 Å². The number of halogens is 1. The Morgan fingerprint density at radius 3 is 2.83 bits per heavy atom. The Morgan fingerprint density at radius 2 is 2.14 bits per heavy atom. The second-order valence-electron chi connectivity index (χ2n) is 6.64. The SMILES string of the molecule is Nc1cc(NCc2cn3cc(C4CC4)cc(F)c3n2)ccc1OC(=O)N=S(=O)=O. The Hall–Kier alpha value is -3.47. The third-order valence-electron chi connectivity index (χ3n) is 4.46. The van der Waals surface area contributed by atoms with Gasteiger partial charge in [0.1, 0.15) is 0 Å². The van der Waals surface area contributed by atoms with Crippen molar-refractivity contribution in [3.63, 3.8) is 0 Å². The zero-order chi connectivity index (χ0) is 20.5. The summed E-state index contributed by atoms with van der Waals surface area (Å²) in [6.45, 7) is 0.322. The zero-order valence-electron chi connectivity index (χ0n) is 15.0. The maximum Gasteiger partial charge on any atom is 0.454 e. The van der Waals surface area contributed by atoms with Crippen molar-refractivity contribution >= 4 is 33.6 Å². The van der Waals surface area contributed by atoms with Gasteiger partial charge in [0.25, 0.3) is 0 Å². The molecule has 3 N–H and O–H groups in total. The zero-order valence-corrected chi connectivity index (χ0v) is 15.8. The predicted octanol–water partition coefficient (Wildman–Crippen LogP) is 3.11. The minimum Gasteiger partial charge on any atom is -0.406 e. The van der Waals surface area contributed by atoms with E-state index in [1.54, 1.807) is 22.7 Å². The van der Waals surface area contributed by atoms with Crippen molar-refractivity contribution in [2.45, 2.75) is 25.3 Å². The Balaban J connectivity index is 1.46. The van der Waals surface area contributed by atoms with E-state index in [9.17, 15) is 17.6 Å². The number of imidazole rings is 1. The molecule has 29 heavy (non-hydrogen) atoms. The smallest absolute Gasteiger partial charge is 0.406 e. The Labute approximate surface area is 166 Å². The monoisotopic (exact) mass is 417 g/mol. The van der Waals surface area contributed by atoms with Crippen LogP contribution in [0.5, 0.6) is 5.75 Å². The van der Waals surface area contributed by atoms with Crippen molar-refractivity contribution in [3.8, 4) is 5.75 Å². The molecule has 1 aromatic carbocycles. The highest BCUT2D eigenvalue weighted by molar-refractivity contribution is 7.62. The molecular weight excluding hydrogens is 401 g/mol. The summed E-state index contributed by atoms with van der Waals surface area (Å²) in [5.74, 6) is 0.0764. The molecule has 150 valence electrons. The predicted molar refractivity (Wildman–Crippen MR) is 103 cm³/mol. The fourth-order valence-electron chi connectivity index (χ4n) is 2.97. The number of fused-ring (bicyclic) bond motifs is 1. The first-order chi connectivity index (χ1) is 13.9. The number of pyridine rings is 1. The van der Waals surface area contributed by atoms with Gasteiger partial charge in [-0.05, 0) is 48.6 Å². The number of ether oxygens (including phenoxy) is 1. The Morgan fingerprint density at radius 1 is 1.34 bits per heavy atom. The molecule has 0 saturated heterocycles. The minimum absolute atomic E-state index is 0.0165. The molecule has 1 fully saturated rings. The first-order valence-corrected chi connectivity index (χ1v) is 9.75. The number of nitrogens with two attached hydrogens (primary N) is 1. The highest BCUT2D eigenvalue weighted by Crippen LogP contribution is 2.40. The van der Waals surface area contributed by atoms with Gasteiger partial charge in [0.2, 0.25) is 0 Å². The quantitative estimate of drug-likeness (QED) is 0.610. The van der Waals surface area contributed by atoms with E-state index in [-0.39, 0.29) is 22.9 Å². The van der Waals surface area contributed by atoms with Crippen LogP contribution in [0.2, 0.25) is 0 Å². The van der Waals surface area contributed by atoms with Crippen LogP contribution in [0.25, 0.3) is 5.65 Å². The summed E-state index contributed by atoms with van der Waals surface area (Å²) < 4.78 is 44.2. The summed E-state index contributed by atoms with van der Waals surface area (Å²) in [5.41, 5.74) is 8.44. The molecule has 0 radical (unpaired) electrons. The van der Waals surface area contributed by atoms with Crippen LogP contribution in [0.15, 0.2) is 41.0 Å². The van der Waals surface area contributed by atoms with Gasteiger partial charge in [-0.25, -0.2) is 14.2 Å². The number of hydrogen-bond donors (Lipinski definition) is 2. The fourth-order valence-corrected chi connectivity index (χ4v) is 3.13. The number of carbonyl (C=O) groups is 1. The van der Waals surface area contributed by atoms with Crippen molar-refractivity contribution in [2.75, 3.05) is 11.1 Å². The number of nitrogens with zero attached hydrogens (tertiary/aromatic N) is 3. The number of amides is 1. The molecule has 1 saturated carbocycles. The lowest BCUT2D eigenvalue weighted by molar-refractivity contribution is 0.212. The number of carbonyl (C=O) groups excluding carboxylic acids is 1. The molecule has 3 aromatic rings. The second kappa shape index (κ2) is 7.51. The first-order valence-electron chi connectivity index (χ1n) is 8.72. The van der Waals surface area contributed by atoms with Gasteiger partial charge in [0.05, 0.1) is 17.9 Å². The van der Waals surface area contributed by atoms with Gasteiger partial charge < -0.3 is 20.2 Å². The van der Waals surface area contributed by atoms with Crippen molar-refractivity contribution in [2.24, 2.45) is 4.36 Å². The van der Waals surface area contributed by atoms with Gasteiger partial charge >= 0.3 is 16.6 Å². The molecule has 0 aliphatic heterocycles. The van der Waals surface area contributed by atoms with E-state index in [1.807, 2.05) is 6.20 Å². The molecule has 2 aromatic heterocycles. The first kappa shape index (κ1) is 18.9. The van der Waals surface area contributed by atoms with Crippen molar-refractivity contribution in [1.29, 1.82) is 0 Å².